The summed E-state index contributed by atoms with van der Waals surface area (Å²) in [6.45, 7) is 0.537. The van der Waals surface area contributed by atoms with Gasteiger partial charge in [-0.2, -0.15) is 0 Å². The maximum Gasteiger partial charge on any atom is 0.355 e. The third-order valence-electron chi connectivity index (χ3n) is 5.89. The molecule has 5 atom stereocenters. The topological polar surface area (TPSA) is 98.1 Å². The van der Waals surface area contributed by atoms with Crippen molar-refractivity contribution in [3.05, 3.63) is 40.3 Å². The van der Waals surface area contributed by atoms with Crippen molar-refractivity contribution in [2.24, 2.45) is 11.8 Å². The number of carboxylic acids is 1. The molecule has 2 aromatic rings. The number of rotatable bonds is 7. The molecule has 0 bridgehead atoms. The Morgan fingerprint density at radius 3 is 2.72 bits per heavy atom. The van der Waals surface area contributed by atoms with Crippen LogP contribution < -0.4 is 9.47 Å². The Morgan fingerprint density at radius 1 is 1.28 bits per heavy atom. The van der Waals surface area contributed by atoms with Crippen LogP contribution in [0, 0.1) is 11.8 Å². The number of benzene rings is 1. The number of aliphatic hydroxyl groups excluding tert-OH is 1. The predicted molar refractivity (Wildman–Crippen MR) is 107 cm³/mol. The van der Waals surface area contributed by atoms with E-state index in [1.54, 1.807) is 12.5 Å². The number of hydrogen-bond donors (Lipinski definition) is 2. The van der Waals surface area contributed by atoms with Crippen LogP contribution in [0.3, 0.4) is 0 Å². The highest BCUT2D eigenvalue weighted by Crippen LogP contribution is 2.47. The van der Waals surface area contributed by atoms with E-state index in [-0.39, 0.29) is 23.8 Å². The molecule has 7 nitrogen and oxygen atoms in total. The summed E-state index contributed by atoms with van der Waals surface area (Å²) in [5.41, 5.74) is 0.0655. The van der Waals surface area contributed by atoms with Crippen molar-refractivity contribution < 1.29 is 29.2 Å². The quantitative estimate of drug-likeness (QED) is 0.708. The van der Waals surface area contributed by atoms with Crippen molar-refractivity contribution in [3.8, 4) is 11.5 Å². The highest BCUT2D eigenvalue weighted by atomic mass is 32.1. The zero-order valence-electron chi connectivity index (χ0n) is 16.2. The molecule has 1 aliphatic carbocycles. The van der Waals surface area contributed by atoms with Crippen LogP contribution in [0.5, 0.6) is 11.5 Å². The number of aromatic carboxylic acids is 1. The zero-order chi connectivity index (χ0) is 20.4. The van der Waals surface area contributed by atoms with Crippen molar-refractivity contribution in [3.63, 3.8) is 0 Å². The van der Waals surface area contributed by atoms with Gasteiger partial charge in [-0.15, -0.1) is 11.3 Å². The lowest BCUT2D eigenvalue weighted by Gasteiger charge is -2.34. The first kappa shape index (κ1) is 20.1. The first-order chi connectivity index (χ1) is 14.0. The van der Waals surface area contributed by atoms with Gasteiger partial charge in [-0.25, -0.2) is 9.78 Å². The molecule has 8 heteroatoms. The third-order valence-corrected chi connectivity index (χ3v) is 6.83. The molecular formula is C21H25NO6S. The summed E-state index contributed by atoms with van der Waals surface area (Å²) >= 11 is 1.33. The molecule has 1 saturated carbocycles. The van der Waals surface area contributed by atoms with E-state index in [2.05, 4.69) is 4.98 Å². The number of carboxylic acid groups (broad SMARTS) is 1. The van der Waals surface area contributed by atoms with E-state index >= 15 is 0 Å². The summed E-state index contributed by atoms with van der Waals surface area (Å²) < 4.78 is 17.2. The number of aromatic nitrogens is 1. The van der Waals surface area contributed by atoms with Crippen molar-refractivity contribution in [1.29, 1.82) is 0 Å². The van der Waals surface area contributed by atoms with Crippen molar-refractivity contribution in [1.82, 2.24) is 4.98 Å². The van der Waals surface area contributed by atoms with E-state index < -0.39 is 12.1 Å². The molecule has 1 aliphatic heterocycles. The first-order valence-corrected chi connectivity index (χ1v) is 10.7. The minimum absolute atomic E-state index is 0.0214. The summed E-state index contributed by atoms with van der Waals surface area (Å²) in [6, 6.07) is 7.47. The summed E-state index contributed by atoms with van der Waals surface area (Å²) in [4.78, 5) is 15.2. The number of nitrogens with zero attached hydrogens (tertiary/aromatic N) is 1. The Morgan fingerprint density at radius 2 is 2.03 bits per heavy atom. The number of methoxy groups -OCH3 is 1. The Kier molecular flexibility index (Phi) is 6.03. The molecule has 156 valence electrons. The van der Waals surface area contributed by atoms with Gasteiger partial charge in [0.1, 0.15) is 22.6 Å². The SMILES string of the molecule is COc1ccc(OCC[C@@H]2[C@H]3CC[C@H](c4nc(C(=O)O)cs4)O[C@H]3C[C@H]2O)cc1. The second kappa shape index (κ2) is 8.69. The van der Waals surface area contributed by atoms with Crippen molar-refractivity contribution in [2.45, 2.75) is 44.0 Å². The fourth-order valence-electron chi connectivity index (χ4n) is 4.43. The molecule has 1 aromatic carbocycles. The van der Waals surface area contributed by atoms with Gasteiger partial charge >= 0.3 is 5.97 Å². The summed E-state index contributed by atoms with van der Waals surface area (Å²) in [5.74, 6) is 0.989. The molecule has 0 amide bonds. The fourth-order valence-corrected chi connectivity index (χ4v) is 5.30. The highest BCUT2D eigenvalue weighted by molar-refractivity contribution is 7.09. The van der Waals surface area contributed by atoms with Crippen LogP contribution in [0.1, 0.15) is 47.3 Å². The molecule has 0 spiro atoms. The number of ether oxygens (including phenoxy) is 3. The van der Waals surface area contributed by atoms with E-state index in [9.17, 15) is 9.90 Å². The Labute approximate surface area is 173 Å². The fraction of sp³-hybridized carbons (Fsp3) is 0.524. The molecule has 0 unspecified atom stereocenters. The first-order valence-electron chi connectivity index (χ1n) is 9.84. The lowest BCUT2D eigenvalue weighted by molar-refractivity contribution is -0.0798. The van der Waals surface area contributed by atoms with E-state index in [1.165, 1.54) is 11.3 Å². The lowest BCUT2D eigenvalue weighted by atomic mass is 9.85. The molecule has 2 heterocycles. The van der Waals surface area contributed by atoms with Crippen molar-refractivity contribution in [2.75, 3.05) is 13.7 Å². The Bertz CT molecular complexity index is 838. The monoisotopic (exact) mass is 419 g/mol. The van der Waals surface area contributed by atoms with Gasteiger partial charge in [-0.3, -0.25) is 0 Å². The van der Waals surface area contributed by atoms with Gasteiger partial charge in [0.2, 0.25) is 0 Å². The molecule has 2 fully saturated rings. The molecule has 2 aliphatic rings. The second-order valence-electron chi connectivity index (χ2n) is 7.56. The lowest BCUT2D eigenvalue weighted by Crippen LogP contribution is -2.31. The van der Waals surface area contributed by atoms with Crippen LogP contribution in [0.2, 0.25) is 0 Å². The second-order valence-corrected chi connectivity index (χ2v) is 8.45. The molecule has 1 saturated heterocycles. The number of aliphatic hydroxyl groups is 1. The molecule has 0 radical (unpaired) electrons. The Balaban J connectivity index is 1.31. The van der Waals surface area contributed by atoms with Crippen LogP contribution in [0.25, 0.3) is 0 Å². The summed E-state index contributed by atoms with van der Waals surface area (Å²) in [5, 5.41) is 21.9. The summed E-state index contributed by atoms with van der Waals surface area (Å²) in [6.07, 6.45) is 2.48. The highest BCUT2D eigenvalue weighted by Gasteiger charge is 2.46. The predicted octanol–water partition coefficient (Wildman–Crippen LogP) is 3.54. The van der Waals surface area contributed by atoms with Gasteiger partial charge in [-0.1, -0.05) is 0 Å². The average Bonchev–Trinajstić information content (AvgIpc) is 3.33. The van der Waals surface area contributed by atoms with Gasteiger partial charge in [-0.05, 0) is 55.4 Å². The minimum atomic E-state index is -1.02. The summed E-state index contributed by atoms with van der Waals surface area (Å²) in [7, 11) is 1.63. The molecule has 4 rings (SSSR count). The van der Waals surface area contributed by atoms with E-state index in [1.807, 2.05) is 24.3 Å². The standard InChI is InChI=1S/C21H25NO6S/c1-26-12-2-4-13(5-3-12)27-9-8-14-15-6-7-18(28-19(15)10-17(14)23)20-22-16(11-29-20)21(24)25/h2-5,11,14-15,17-19,23H,6-10H2,1H3,(H,24,25)/t14-,15-,17-,18-,19+/m1/s1. The normalized spacial score (nSPS) is 28.7. The maximum absolute atomic E-state index is 11.1. The maximum atomic E-state index is 11.1. The molecule has 2 N–H and O–H groups in total. The molecule has 1 aromatic heterocycles. The number of carbonyl (C=O) groups is 1. The van der Waals surface area contributed by atoms with Crippen LogP contribution in [-0.2, 0) is 4.74 Å². The van der Waals surface area contributed by atoms with E-state index in [0.717, 1.165) is 30.8 Å². The third kappa shape index (κ3) is 4.39. The van der Waals surface area contributed by atoms with Gasteiger partial charge in [0.15, 0.2) is 5.69 Å². The number of hydrogen-bond acceptors (Lipinski definition) is 7. The van der Waals surface area contributed by atoms with Crippen LogP contribution in [0.15, 0.2) is 29.6 Å². The largest absolute Gasteiger partial charge is 0.497 e. The smallest absolute Gasteiger partial charge is 0.355 e. The van der Waals surface area contributed by atoms with Gasteiger partial charge in [0, 0.05) is 11.8 Å². The van der Waals surface area contributed by atoms with Crippen molar-refractivity contribution >= 4 is 17.3 Å². The van der Waals surface area contributed by atoms with Gasteiger partial charge in [0.05, 0.1) is 25.9 Å². The minimum Gasteiger partial charge on any atom is -0.497 e. The van der Waals surface area contributed by atoms with Gasteiger partial charge in [0.25, 0.3) is 0 Å². The van der Waals surface area contributed by atoms with Crippen LogP contribution in [-0.4, -0.2) is 47.1 Å². The zero-order valence-corrected chi connectivity index (χ0v) is 17.0. The van der Waals surface area contributed by atoms with E-state index in [4.69, 9.17) is 19.3 Å². The van der Waals surface area contributed by atoms with E-state index in [0.29, 0.717) is 24.0 Å². The van der Waals surface area contributed by atoms with Gasteiger partial charge < -0.3 is 24.4 Å². The molecular weight excluding hydrogens is 394 g/mol. The van der Waals surface area contributed by atoms with Crippen LogP contribution >= 0.6 is 11.3 Å². The Hall–Kier alpha value is -2.16. The number of fused-ring (bicyclic) bond motifs is 1. The molecule has 29 heavy (non-hydrogen) atoms. The average molecular weight is 419 g/mol. The van der Waals surface area contributed by atoms with Crippen LogP contribution in [0.4, 0.5) is 0 Å². The number of thiazole rings is 1.